The number of carbonyl (C=O) groups is 3. The fraction of sp³-hybridized carbons (Fsp3) is 0.829. The summed E-state index contributed by atoms with van der Waals surface area (Å²) in [7, 11) is -4.75. The molecule has 0 saturated carbocycles. The average molecular weight is 774 g/mol. The number of aliphatic carboxylic acids is 1. The van der Waals surface area contributed by atoms with Crippen LogP contribution in [-0.4, -0.2) is 64.9 Å². The molecule has 0 bridgehead atoms. The Morgan fingerprint density at radius 1 is 0.604 bits per heavy atom. The minimum Gasteiger partial charge on any atom is -0.480 e. The van der Waals surface area contributed by atoms with E-state index in [0.717, 1.165) is 64.2 Å². The maximum atomic E-state index is 12.3. The summed E-state index contributed by atoms with van der Waals surface area (Å²) >= 11 is 0. The molecule has 53 heavy (non-hydrogen) atoms. The number of phosphoric ester groups is 1. The van der Waals surface area contributed by atoms with E-state index in [1.165, 1.54) is 83.5 Å². The van der Waals surface area contributed by atoms with Crippen LogP contribution in [0.15, 0.2) is 24.3 Å². The molecule has 0 spiro atoms. The average Bonchev–Trinajstić information content (AvgIpc) is 3.13. The summed E-state index contributed by atoms with van der Waals surface area (Å²) in [6.07, 6.45) is 36.3. The number of phosphoric acid groups is 1. The normalized spacial score (nSPS) is 14.0. The number of ether oxygens (including phenoxy) is 1. The minimum absolute atomic E-state index is 0.148. The van der Waals surface area contributed by atoms with Gasteiger partial charge in [0, 0.05) is 12.8 Å². The summed E-state index contributed by atoms with van der Waals surface area (Å²) in [4.78, 5) is 45.8. The number of carbonyl (C=O) groups excluding carboxylic acids is 2. The van der Waals surface area contributed by atoms with Crippen LogP contribution in [-0.2, 0) is 32.7 Å². The Hall–Kier alpha value is -2.04. The van der Waals surface area contributed by atoms with Crippen LogP contribution >= 0.6 is 7.82 Å². The van der Waals surface area contributed by atoms with Gasteiger partial charge in [-0.05, 0) is 44.9 Å². The van der Waals surface area contributed by atoms with Crippen molar-refractivity contribution in [2.45, 2.75) is 199 Å². The third-order valence-corrected chi connectivity index (χ3v) is 9.94. The number of unbranched alkanes of at least 4 members (excludes halogenated alkanes) is 21. The lowest BCUT2D eigenvalue weighted by Gasteiger charge is -2.18. The molecule has 310 valence electrons. The van der Waals surface area contributed by atoms with Crippen molar-refractivity contribution in [2.24, 2.45) is 0 Å². The van der Waals surface area contributed by atoms with E-state index in [1.807, 2.05) is 0 Å². The van der Waals surface area contributed by atoms with Gasteiger partial charge in [0.2, 0.25) is 5.91 Å². The molecule has 0 rings (SSSR count). The van der Waals surface area contributed by atoms with Crippen molar-refractivity contribution in [1.29, 1.82) is 0 Å². The molecule has 0 aliphatic rings. The topological polar surface area (TPSA) is 169 Å². The number of aliphatic hydroxyl groups excluding tert-OH is 1. The summed E-state index contributed by atoms with van der Waals surface area (Å²) in [5.74, 6) is -2.38. The van der Waals surface area contributed by atoms with Gasteiger partial charge in [0.05, 0.1) is 13.2 Å². The zero-order valence-corrected chi connectivity index (χ0v) is 34.2. The first kappa shape index (κ1) is 51.0. The third-order valence-electron chi connectivity index (χ3n) is 8.99. The monoisotopic (exact) mass is 774 g/mol. The van der Waals surface area contributed by atoms with E-state index in [-0.39, 0.29) is 12.8 Å². The predicted octanol–water partition coefficient (Wildman–Crippen LogP) is 10.3. The highest BCUT2D eigenvalue weighted by Gasteiger charge is 2.28. The van der Waals surface area contributed by atoms with Crippen molar-refractivity contribution in [3.05, 3.63) is 24.3 Å². The van der Waals surface area contributed by atoms with E-state index in [4.69, 9.17) is 13.8 Å². The Kier molecular flexibility index (Phi) is 35.5. The quantitative estimate of drug-likeness (QED) is 0.0204. The van der Waals surface area contributed by atoms with E-state index < -0.39 is 57.6 Å². The first-order chi connectivity index (χ1) is 25.6. The van der Waals surface area contributed by atoms with Crippen molar-refractivity contribution < 1.29 is 47.8 Å². The van der Waals surface area contributed by atoms with Crippen LogP contribution in [0.5, 0.6) is 0 Å². The molecule has 0 aliphatic heterocycles. The molecule has 0 radical (unpaired) electrons. The van der Waals surface area contributed by atoms with E-state index >= 15 is 0 Å². The number of hydrogen-bond acceptors (Lipinski definition) is 8. The van der Waals surface area contributed by atoms with Crippen LogP contribution < -0.4 is 5.32 Å². The van der Waals surface area contributed by atoms with Gasteiger partial charge >= 0.3 is 19.8 Å². The number of esters is 1. The van der Waals surface area contributed by atoms with Crippen LogP contribution in [0.4, 0.5) is 0 Å². The first-order valence-electron chi connectivity index (χ1n) is 20.9. The fourth-order valence-electron chi connectivity index (χ4n) is 5.70. The molecule has 0 fully saturated rings. The van der Waals surface area contributed by atoms with Crippen LogP contribution in [0.3, 0.4) is 0 Å². The Morgan fingerprint density at radius 2 is 1.04 bits per heavy atom. The highest BCUT2D eigenvalue weighted by atomic mass is 31.2. The molecule has 3 unspecified atom stereocenters. The number of aliphatic hydroxyl groups is 1. The Morgan fingerprint density at radius 3 is 1.57 bits per heavy atom. The summed E-state index contributed by atoms with van der Waals surface area (Å²) in [6, 6.07) is -1.54. The SMILES string of the molecule is CCCCC/C=C\C/C=C\CCCCCCCC(=O)OCC(O)COP(=O)(O)OCC(NC(=O)CCCCCCCCCCCCCCCC)C(=O)O. The predicted molar refractivity (Wildman–Crippen MR) is 213 cm³/mol. The highest BCUT2D eigenvalue weighted by Crippen LogP contribution is 2.43. The molecule has 11 nitrogen and oxygen atoms in total. The van der Waals surface area contributed by atoms with Crippen molar-refractivity contribution >= 4 is 25.7 Å². The Balaban J connectivity index is 3.93. The first-order valence-corrected chi connectivity index (χ1v) is 22.4. The maximum absolute atomic E-state index is 12.3. The van der Waals surface area contributed by atoms with E-state index in [9.17, 15) is 34.1 Å². The lowest BCUT2D eigenvalue weighted by molar-refractivity contribution is -0.147. The second kappa shape index (κ2) is 36.9. The standard InChI is InChI=1S/C41H76NO10P/c1-3-5-7-9-11-13-15-17-19-21-23-25-27-29-31-33-40(45)50-34-37(43)35-51-53(48,49)52-36-38(41(46)47)42-39(44)32-30-28-26-24-22-20-18-16-14-12-10-8-6-4-2/h11,13,17,19,37-38,43H,3-10,12,14-16,18,20-36H2,1-2H3,(H,42,44)(H,46,47)(H,48,49)/b13-11-,19-17-. The van der Waals surface area contributed by atoms with Crippen LogP contribution in [0.1, 0.15) is 187 Å². The molecule has 0 aromatic heterocycles. The smallest absolute Gasteiger partial charge is 0.472 e. The number of carboxylic acids is 1. The number of rotatable bonds is 39. The molecule has 0 aliphatic carbocycles. The van der Waals surface area contributed by atoms with Crippen molar-refractivity contribution in [3.8, 4) is 0 Å². The molecule has 3 atom stereocenters. The van der Waals surface area contributed by atoms with Crippen molar-refractivity contribution in [2.75, 3.05) is 19.8 Å². The van der Waals surface area contributed by atoms with Gasteiger partial charge in [0.1, 0.15) is 12.7 Å². The lowest BCUT2D eigenvalue weighted by Crippen LogP contribution is -2.43. The van der Waals surface area contributed by atoms with Gasteiger partial charge in [-0.2, -0.15) is 0 Å². The second-order valence-electron chi connectivity index (χ2n) is 14.2. The lowest BCUT2D eigenvalue weighted by atomic mass is 10.0. The zero-order chi connectivity index (χ0) is 39.3. The Labute approximate surface area is 321 Å². The molecule has 0 aromatic carbocycles. The van der Waals surface area contributed by atoms with Crippen LogP contribution in [0, 0.1) is 0 Å². The number of amides is 1. The third kappa shape index (κ3) is 36.7. The molecule has 0 aromatic rings. The second-order valence-corrected chi connectivity index (χ2v) is 15.6. The number of carboxylic acid groups (broad SMARTS) is 1. The van der Waals surface area contributed by atoms with Crippen LogP contribution in [0.2, 0.25) is 0 Å². The summed E-state index contributed by atoms with van der Waals surface area (Å²) in [6.45, 7) is 2.55. The molecule has 4 N–H and O–H groups in total. The van der Waals surface area contributed by atoms with Gasteiger partial charge < -0.3 is 25.2 Å². The fourth-order valence-corrected chi connectivity index (χ4v) is 6.47. The van der Waals surface area contributed by atoms with Gasteiger partial charge in [-0.1, -0.05) is 154 Å². The Bertz CT molecular complexity index is 1010. The van der Waals surface area contributed by atoms with Crippen molar-refractivity contribution in [1.82, 2.24) is 5.32 Å². The van der Waals surface area contributed by atoms with Crippen LogP contribution in [0.25, 0.3) is 0 Å². The largest absolute Gasteiger partial charge is 0.480 e. The number of nitrogens with one attached hydrogen (secondary N) is 1. The van der Waals surface area contributed by atoms with Gasteiger partial charge in [-0.15, -0.1) is 0 Å². The summed E-state index contributed by atoms with van der Waals surface area (Å²) in [5, 5.41) is 21.8. The number of hydrogen-bond donors (Lipinski definition) is 4. The zero-order valence-electron chi connectivity index (χ0n) is 33.3. The molecular weight excluding hydrogens is 697 g/mol. The summed E-state index contributed by atoms with van der Waals surface area (Å²) < 4.78 is 26.8. The summed E-state index contributed by atoms with van der Waals surface area (Å²) in [5.41, 5.74) is 0. The van der Waals surface area contributed by atoms with E-state index in [0.29, 0.717) is 12.8 Å². The molecule has 0 heterocycles. The van der Waals surface area contributed by atoms with Crippen molar-refractivity contribution in [3.63, 3.8) is 0 Å². The molecule has 12 heteroatoms. The van der Waals surface area contributed by atoms with Gasteiger partial charge in [0.25, 0.3) is 0 Å². The van der Waals surface area contributed by atoms with Gasteiger partial charge in [-0.25, -0.2) is 9.36 Å². The molecular formula is C41H76NO10P. The molecule has 0 saturated heterocycles. The number of allylic oxidation sites excluding steroid dienone is 4. The highest BCUT2D eigenvalue weighted by molar-refractivity contribution is 7.47. The van der Waals surface area contributed by atoms with E-state index in [2.05, 4.69) is 43.5 Å². The van der Waals surface area contributed by atoms with Gasteiger partial charge in [-0.3, -0.25) is 18.6 Å². The minimum atomic E-state index is -4.75. The maximum Gasteiger partial charge on any atom is 0.472 e. The van der Waals surface area contributed by atoms with Gasteiger partial charge in [0.15, 0.2) is 6.04 Å². The molecule has 1 amide bonds. The van der Waals surface area contributed by atoms with E-state index in [1.54, 1.807) is 0 Å².